The molecule has 1 aromatic carbocycles. The van der Waals surface area contributed by atoms with Gasteiger partial charge in [-0.25, -0.2) is 0 Å². The van der Waals surface area contributed by atoms with Crippen LogP contribution in [0.5, 0.6) is 0 Å². The number of hydrogen-bond donors (Lipinski definition) is 1. The molecule has 0 saturated carbocycles. The summed E-state index contributed by atoms with van der Waals surface area (Å²) in [6, 6.07) is 7.79. The number of Topliss-reactive ketones (excluding diaryl/α,β-unsaturated/α-hetero) is 1. The number of amides is 1. The first kappa shape index (κ1) is 21.6. The summed E-state index contributed by atoms with van der Waals surface area (Å²) in [6.07, 6.45) is 2.07. The Hall–Kier alpha value is -2.68. The number of aryl methyl sites for hydroxylation is 2. The van der Waals surface area contributed by atoms with E-state index in [1.807, 2.05) is 32.0 Å². The molecule has 0 saturated heterocycles. The van der Waals surface area contributed by atoms with Crippen LogP contribution >= 0.6 is 0 Å². The normalized spacial score (nSPS) is 15.9. The molecule has 1 aliphatic rings. The fraction of sp³-hybridized carbons (Fsp3) is 0.545. The van der Waals surface area contributed by atoms with E-state index in [1.165, 1.54) is 18.1 Å². The van der Waals surface area contributed by atoms with E-state index in [0.29, 0.717) is 5.56 Å². The molecule has 0 spiro atoms. The maximum absolute atomic E-state index is 12.3. The molecule has 0 bridgehead atoms. The number of nitriles is 1. The molecule has 28 heavy (non-hydrogen) atoms. The fourth-order valence-corrected chi connectivity index (χ4v) is 3.07. The summed E-state index contributed by atoms with van der Waals surface area (Å²) >= 11 is 0. The van der Waals surface area contributed by atoms with Crippen LogP contribution in [0.4, 0.5) is 0 Å². The zero-order valence-corrected chi connectivity index (χ0v) is 17.0. The van der Waals surface area contributed by atoms with E-state index in [-0.39, 0.29) is 24.5 Å². The zero-order valence-electron chi connectivity index (χ0n) is 17.0. The Labute approximate surface area is 166 Å². The van der Waals surface area contributed by atoms with Crippen LogP contribution in [-0.4, -0.2) is 29.3 Å². The van der Waals surface area contributed by atoms with Crippen molar-refractivity contribution in [3.63, 3.8) is 0 Å². The number of rotatable bonds is 8. The molecule has 1 aliphatic carbocycles. The van der Waals surface area contributed by atoms with Crippen molar-refractivity contribution >= 4 is 17.7 Å². The van der Waals surface area contributed by atoms with Crippen molar-refractivity contribution in [2.75, 3.05) is 0 Å². The van der Waals surface area contributed by atoms with Crippen molar-refractivity contribution in [2.24, 2.45) is 5.92 Å². The number of ether oxygens (including phenoxy) is 1. The molecule has 0 aromatic heterocycles. The number of benzene rings is 1. The lowest BCUT2D eigenvalue weighted by molar-refractivity contribution is -0.155. The van der Waals surface area contributed by atoms with Crippen LogP contribution in [0.1, 0.15) is 68.4 Å². The minimum Gasteiger partial charge on any atom is -0.453 e. The molecular formula is C22H28N2O4. The summed E-state index contributed by atoms with van der Waals surface area (Å²) in [5.41, 5.74) is 2.08. The Morgan fingerprint density at radius 1 is 1.18 bits per heavy atom. The van der Waals surface area contributed by atoms with Gasteiger partial charge in [0, 0.05) is 12.0 Å². The van der Waals surface area contributed by atoms with Crippen molar-refractivity contribution in [1.29, 1.82) is 5.26 Å². The van der Waals surface area contributed by atoms with Crippen molar-refractivity contribution in [3.05, 3.63) is 34.9 Å². The van der Waals surface area contributed by atoms with Crippen LogP contribution in [0, 0.1) is 17.2 Å². The number of carbonyl (C=O) groups is 3. The highest BCUT2D eigenvalue weighted by molar-refractivity contribution is 5.98. The molecule has 6 heteroatoms. The van der Waals surface area contributed by atoms with Crippen molar-refractivity contribution in [3.8, 4) is 6.07 Å². The lowest BCUT2D eigenvalue weighted by Crippen LogP contribution is -2.52. The molecule has 2 unspecified atom stereocenters. The quantitative estimate of drug-likeness (QED) is 0.549. The second-order valence-corrected chi connectivity index (χ2v) is 7.85. The first-order valence-electron chi connectivity index (χ1n) is 9.74. The molecule has 1 N–H and O–H groups in total. The van der Waals surface area contributed by atoms with E-state index in [9.17, 15) is 19.6 Å². The zero-order chi connectivity index (χ0) is 20.9. The van der Waals surface area contributed by atoms with Gasteiger partial charge < -0.3 is 10.1 Å². The molecule has 1 aromatic rings. The van der Waals surface area contributed by atoms with Gasteiger partial charge in [0.1, 0.15) is 5.54 Å². The van der Waals surface area contributed by atoms with E-state index >= 15 is 0 Å². The second kappa shape index (κ2) is 9.01. The Morgan fingerprint density at radius 3 is 2.50 bits per heavy atom. The van der Waals surface area contributed by atoms with Gasteiger partial charge in [0.25, 0.3) is 5.91 Å². The van der Waals surface area contributed by atoms with Crippen molar-refractivity contribution in [2.45, 2.75) is 71.4 Å². The average molecular weight is 384 g/mol. The summed E-state index contributed by atoms with van der Waals surface area (Å²) in [6.45, 7) is 6.72. The predicted molar refractivity (Wildman–Crippen MR) is 105 cm³/mol. The summed E-state index contributed by atoms with van der Waals surface area (Å²) in [4.78, 5) is 36.6. The topological polar surface area (TPSA) is 96.3 Å². The van der Waals surface area contributed by atoms with Gasteiger partial charge in [0.2, 0.25) is 0 Å². The number of fused-ring (bicyclic) bond motifs is 1. The summed E-state index contributed by atoms with van der Waals surface area (Å²) in [5.74, 6) is -1.36. The highest BCUT2D eigenvalue weighted by Gasteiger charge is 2.32. The summed E-state index contributed by atoms with van der Waals surface area (Å²) in [7, 11) is 0. The van der Waals surface area contributed by atoms with Gasteiger partial charge in [0.05, 0.1) is 12.5 Å². The van der Waals surface area contributed by atoms with Gasteiger partial charge >= 0.3 is 5.97 Å². The van der Waals surface area contributed by atoms with Crippen LogP contribution < -0.4 is 5.32 Å². The summed E-state index contributed by atoms with van der Waals surface area (Å²) < 4.78 is 5.13. The van der Waals surface area contributed by atoms with Crippen LogP contribution in [0.3, 0.4) is 0 Å². The largest absolute Gasteiger partial charge is 0.453 e. The molecule has 1 amide bonds. The minimum absolute atomic E-state index is 0.0356. The summed E-state index contributed by atoms with van der Waals surface area (Å²) in [5, 5.41) is 11.9. The molecule has 150 valence electrons. The Bertz CT molecular complexity index is 809. The molecule has 0 aliphatic heterocycles. The number of esters is 1. The lowest BCUT2D eigenvalue weighted by Gasteiger charge is -2.28. The number of hydrogen-bond acceptors (Lipinski definition) is 5. The van der Waals surface area contributed by atoms with Crippen molar-refractivity contribution < 1.29 is 19.1 Å². The Kier molecular flexibility index (Phi) is 6.95. The van der Waals surface area contributed by atoms with E-state index in [4.69, 9.17) is 4.74 Å². The number of ketones is 1. The third kappa shape index (κ3) is 5.19. The molecule has 0 fully saturated rings. The average Bonchev–Trinajstić information content (AvgIpc) is 3.13. The molecule has 2 rings (SSSR count). The monoisotopic (exact) mass is 384 g/mol. The van der Waals surface area contributed by atoms with Crippen LogP contribution in [0.2, 0.25) is 0 Å². The third-order valence-electron chi connectivity index (χ3n) is 5.42. The second-order valence-electron chi connectivity index (χ2n) is 7.85. The smallest absolute Gasteiger partial charge is 0.307 e. The van der Waals surface area contributed by atoms with E-state index in [1.54, 1.807) is 6.92 Å². The van der Waals surface area contributed by atoms with Crippen LogP contribution in [0.25, 0.3) is 0 Å². The van der Waals surface area contributed by atoms with Crippen molar-refractivity contribution in [1.82, 2.24) is 5.32 Å². The highest BCUT2D eigenvalue weighted by Crippen LogP contribution is 2.23. The maximum Gasteiger partial charge on any atom is 0.307 e. The first-order valence-corrected chi connectivity index (χ1v) is 9.74. The molecule has 0 heterocycles. The van der Waals surface area contributed by atoms with Gasteiger partial charge in [-0.15, -0.1) is 0 Å². The van der Waals surface area contributed by atoms with Gasteiger partial charge in [0.15, 0.2) is 11.9 Å². The van der Waals surface area contributed by atoms with E-state index < -0.39 is 23.5 Å². The number of nitrogens with zero attached hydrogens (tertiary/aromatic N) is 1. The number of nitrogens with one attached hydrogen (secondary N) is 1. The first-order chi connectivity index (χ1) is 13.2. The third-order valence-corrected chi connectivity index (χ3v) is 5.42. The molecule has 2 atom stereocenters. The lowest BCUT2D eigenvalue weighted by atomic mass is 9.90. The van der Waals surface area contributed by atoms with Gasteiger partial charge in [-0.2, -0.15) is 5.26 Å². The predicted octanol–water partition coefficient (Wildman–Crippen LogP) is 3.12. The SMILES string of the molecule is CC(OC(=O)CCC(=O)c1ccc2c(c1)CCC2)C(=O)NC(C)(C#N)C(C)C. The van der Waals surface area contributed by atoms with E-state index in [0.717, 1.165) is 19.3 Å². The van der Waals surface area contributed by atoms with Gasteiger partial charge in [-0.1, -0.05) is 26.0 Å². The van der Waals surface area contributed by atoms with Crippen LogP contribution in [0.15, 0.2) is 18.2 Å². The molecule has 0 radical (unpaired) electrons. The Balaban J connectivity index is 1.84. The fourth-order valence-electron chi connectivity index (χ4n) is 3.07. The highest BCUT2D eigenvalue weighted by atomic mass is 16.5. The number of carbonyl (C=O) groups excluding carboxylic acids is 3. The van der Waals surface area contributed by atoms with Gasteiger partial charge in [-0.3, -0.25) is 14.4 Å². The standard InChI is InChI=1S/C22H28N2O4/c1-14(2)22(4,13-23)24-21(27)15(3)28-20(26)11-10-19(25)18-9-8-16-6-5-7-17(16)12-18/h8-9,12,14-15H,5-7,10-11H2,1-4H3,(H,24,27). The molecule has 6 nitrogen and oxygen atoms in total. The van der Waals surface area contributed by atoms with Crippen LogP contribution in [-0.2, 0) is 27.2 Å². The minimum atomic E-state index is -1.04. The van der Waals surface area contributed by atoms with E-state index in [2.05, 4.69) is 11.4 Å². The maximum atomic E-state index is 12.3. The van der Waals surface area contributed by atoms with Gasteiger partial charge in [-0.05, 0) is 56.2 Å². The molecular weight excluding hydrogens is 356 g/mol. The Morgan fingerprint density at radius 2 is 1.86 bits per heavy atom.